The molecule has 11 aromatic carbocycles. The number of furan rings is 1. The topological polar surface area (TPSA) is 16.4 Å². The van der Waals surface area contributed by atoms with E-state index in [9.17, 15) is 0 Å². The van der Waals surface area contributed by atoms with Gasteiger partial charge in [-0.1, -0.05) is 231 Å². The van der Waals surface area contributed by atoms with Crippen LogP contribution >= 0.6 is 0 Å². The fraction of sp³-hybridized carbons (Fsp3) is 0. The van der Waals surface area contributed by atoms with Crippen LogP contribution in [0.15, 0.2) is 290 Å². The van der Waals surface area contributed by atoms with Gasteiger partial charge in [0, 0.05) is 33.6 Å². The van der Waals surface area contributed by atoms with Gasteiger partial charge < -0.3 is 9.32 Å². The van der Waals surface area contributed by atoms with Crippen molar-refractivity contribution in [3.8, 4) is 89.2 Å². The molecule has 12 rings (SSSR count). The minimum absolute atomic E-state index is 0.884. The predicted molar refractivity (Wildman–Crippen MR) is 294 cm³/mol. The van der Waals surface area contributed by atoms with Gasteiger partial charge in [0.1, 0.15) is 11.3 Å². The largest absolute Gasteiger partial charge is 0.455 e. The first kappa shape index (κ1) is 42.1. The summed E-state index contributed by atoms with van der Waals surface area (Å²) in [6, 6.07) is 102. The van der Waals surface area contributed by atoms with Gasteiger partial charge >= 0.3 is 0 Å². The van der Waals surface area contributed by atoms with Gasteiger partial charge in [-0.2, -0.15) is 0 Å². The van der Waals surface area contributed by atoms with Crippen molar-refractivity contribution in [1.82, 2.24) is 0 Å². The highest BCUT2D eigenvalue weighted by Crippen LogP contribution is 2.43. The van der Waals surface area contributed by atoms with Crippen molar-refractivity contribution in [3.63, 3.8) is 0 Å². The van der Waals surface area contributed by atoms with E-state index in [1.807, 2.05) is 12.1 Å². The van der Waals surface area contributed by atoms with Crippen LogP contribution in [0.3, 0.4) is 0 Å². The average molecular weight is 894 g/mol. The summed E-state index contributed by atoms with van der Waals surface area (Å²) in [6.45, 7) is 0. The van der Waals surface area contributed by atoms with Crippen molar-refractivity contribution in [2.24, 2.45) is 0 Å². The van der Waals surface area contributed by atoms with Gasteiger partial charge in [0.2, 0.25) is 0 Å². The van der Waals surface area contributed by atoms with Crippen molar-refractivity contribution in [1.29, 1.82) is 0 Å². The molecule has 0 spiro atoms. The van der Waals surface area contributed by atoms with E-state index in [1.54, 1.807) is 0 Å². The molecule has 0 fully saturated rings. The first-order valence-corrected chi connectivity index (χ1v) is 23.9. The van der Waals surface area contributed by atoms with E-state index in [1.165, 1.54) is 44.5 Å². The molecule has 0 saturated heterocycles. The Morgan fingerprint density at radius 2 is 0.500 bits per heavy atom. The van der Waals surface area contributed by atoms with Crippen molar-refractivity contribution < 1.29 is 4.42 Å². The summed E-state index contributed by atoms with van der Waals surface area (Å²) in [5, 5.41) is 1.12. The molecule has 0 saturated carbocycles. The normalized spacial score (nSPS) is 11.1. The molecular weight excluding hydrogens is 847 g/mol. The van der Waals surface area contributed by atoms with Gasteiger partial charge in [-0.15, -0.1) is 0 Å². The second-order valence-electron chi connectivity index (χ2n) is 17.7. The van der Waals surface area contributed by atoms with Crippen LogP contribution < -0.4 is 4.90 Å². The monoisotopic (exact) mass is 893 g/mol. The first-order chi connectivity index (χ1) is 34.7. The molecule has 0 aliphatic carbocycles. The van der Waals surface area contributed by atoms with Crippen LogP contribution in [0, 0.1) is 0 Å². The summed E-state index contributed by atoms with van der Waals surface area (Å²) in [7, 11) is 0. The van der Waals surface area contributed by atoms with E-state index >= 15 is 0 Å². The van der Waals surface area contributed by atoms with Crippen LogP contribution in [0.5, 0.6) is 0 Å². The first-order valence-electron chi connectivity index (χ1n) is 23.9. The van der Waals surface area contributed by atoms with Crippen LogP contribution in [0.4, 0.5) is 17.1 Å². The molecular formula is C68H47NO. The molecule has 0 bridgehead atoms. The SMILES string of the molecule is c1ccc(-c2ccc(-c3ccc(N(c4ccc(-c5ccc(-c6cccc(-c7oc8ccccc8c7-c7ccccc7)c6)cc5)cc4)c4ccc(-c5cccc(-c6ccccc6)c5)cc4)cc3)cc2)cc1. The second-order valence-corrected chi connectivity index (χ2v) is 17.7. The number of fused-ring (bicyclic) bond motifs is 1. The van der Waals surface area contributed by atoms with Crippen molar-refractivity contribution in [3.05, 3.63) is 285 Å². The lowest BCUT2D eigenvalue weighted by Crippen LogP contribution is -2.09. The molecule has 0 atom stereocenters. The Kier molecular flexibility index (Phi) is 11.3. The predicted octanol–water partition coefficient (Wildman–Crippen LogP) is 19.2. The van der Waals surface area contributed by atoms with Crippen LogP contribution in [-0.2, 0) is 0 Å². The summed E-state index contributed by atoms with van der Waals surface area (Å²) in [5.74, 6) is 0.884. The van der Waals surface area contributed by atoms with Crippen LogP contribution in [0.25, 0.3) is 100 Å². The third-order valence-corrected chi connectivity index (χ3v) is 13.3. The maximum absolute atomic E-state index is 6.57. The zero-order valence-corrected chi connectivity index (χ0v) is 38.5. The number of hydrogen-bond acceptors (Lipinski definition) is 2. The zero-order valence-electron chi connectivity index (χ0n) is 38.5. The molecule has 0 amide bonds. The van der Waals surface area contributed by atoms with Crippen LogP contribution in [0.1, 0.15) is 0 Å². The number of rotatable bonds is 11. The van der Waals surface area contributed by atoms with E-state index in [2.05, 4.69) is 278 Å². The Balaban J connectivity index is 0.838. The third kappa shape index (κ3) is 8.51. The lowest BCUT2D eigenvalue weighted by atomic mass is 9.95. The van der Waals surface area contributed by atoms with Gasteiger partial charge in [-0.25, -0.2) is 0 Å². The Morgan fingerprint density at radius 1 is 0.214 bits per heavy atom. The van der Waals surface area contributed by atoms with Crippen molar-refractivity contribution in [2.45, 2.75) is 0 Å². The van der Waals surface area contributed by atoms with Gasteiger partial charge in [-0.3, -0.25) is 0 Å². The quantitative estimate of drug-likeness (QED) is 0.129. The van der Waals surface area contributed by atoms with Crippen molar-refractivity contribution in [2.75, 3.05) is 4.90 Å². The summed E-state index contributed by atoms with van der Waals surface area (Å²) >= 11 is 0. The van der Waals surface area contributed by atoms with E-state index < -0.39 is 0 Å². The molecule has 2 heteroatoms. The number of nitrogens with zero attached hydrogens (tertiary/aromatic N) is 1. The Morgan fingerprint density at radius 3 is 0.929 bits per heavy atom. The Bertz CT molecular complexity index is 3690. The highest BCUT2D eigenvalue weighted by molar-refractivity contribution is 6.02. The molecule has 1 heterocycles. The summed E-state index contributed by atoms with van der Waals surface area (Å²) < 4.78 is 6.57. The minimum Gasteiger partial charge on any atom is -0.455 e. The van der Waals surface area contributed by atoms with Gasteiger partial charge in [0.25, 0.3) is 0 Å². The molecule has 0 aliphatic heterocycles. The molecule has 1 aromatic heterocycles. The van der Waals surface area contributed by atoms with Crippen LogP contribution in [-0.4, -0.2) is 0 Å². The Labute approximate surface area is 409 Å². The van der Waals surface area contributed by atoms with Crippen LogP contribution in [0.2, 0.25) is 0 Å². The molecule has 0 aliphatic rings. The van der Waals surface area contributed by atoms with E-state index in [0.29, 0.717) is 0 Å². The number of hydrogen-bond donors (Lipinski definition) is 0. The summed E-state index contributed by atoms with van der Waals surface area (Å²) in [5.41, 5.74) is 21.6. The molecule has 0 radical (unpaired) electrons. The fourth-order valence-electron chi connectivity index (χ4n) is 9.69. The molecule has 70 heavy (non-hydrogen) atoms. The number of benzene rings is 11. The highest BCUT2D eigenvalue weighted by atomic mass is 16.3. The molecule has 12 aromatic rings. The standard InChI is InChI=1S/C68H47NO/c1-4-14-48(15-5-1)50-26-28-51(29-27-50)53-34-40-62(41-35-53)69(64-44-38-56(39-45-64)59-21-12-20-58(46-59)49-16-6-2-7-17-49)63-42-36-54(37-43-63)52-30-32-55(33-31-52)60-22-13-23-61(47-60)68-67(57-18-8-3-9-19-57)65-24-10-11-25-66(65)70-68/h1-47H. The lowest BCUT2D eigenvalue weighted by molar-refractivity contribution is 0.632. The fourth-order valence-corrected chi connectivity index (χ4v) is 9.69. The average Bonchev–Trinajstić information content (AvgIpc) is 3.85. The second kappa shape index (κ2) is 18.8. The summed E-state index contributed by atoms with van der Waals surface area (Å²) in [6.07, 6.45) is 0. The zero-order chi connectivity index (χ0) is 46.6. The molecule has 0 unspecified atom stereocenters. The molecule has 2 nitrogen and oxygen atoms in total. The summed E-state index contributed by atoms with van der Waals surface area (Å²) in [4.78, 5) is 2.34. The number of para-hydroxylation sites is 1. The maximum atomic E-state index is 6.57. The minimum atomic E-state index is 0.884. The van der Waals surface area contributed by atoms with E-state index in [4.69, 9.17) is 4.42 Å². The Hall–Kier alpha value is -9.24. The van der Waals surface area contributed by atoms with Gasteiger partial charge in [-0.05, 0) is 127 Å². The molecule has 330 valence electrons. The van der Waals surface area contributed by atoms with Crippen molar-refractivity contribution >= 4 is 28.0 Å². The maximum Gasteiger partial charge on any atom is 0.143 e. The number of anilines is 3. The van der Waals surface area contributed by atoms with Gasteiger partial charge in [0.15, 0.2) is 0 Å². The lowest BCUT2D eigenvalue weighted by Gasteiger charge is -2.26. The van der Waals surface area contributed by atoms with E-state index in [0.717, 1.165) is 72.7 Å². The highest BCUT2D eigenvalue weighted by Gasteiger charge is 2.19. The van der Waals surface area contributed by atoms with E-state index in [-0.39, 0.29) is 0 Å². The third-order valence-electron chi connectivity index (χ3n) is 13.3. The molecule has 0 N–H and O–H groups in total. The smallest absolute Gasteiger partial charge is 0.143 e. The van der Waals surface area contributed by atoms with Gasteiger partial charge in [0.05, 0.1) is 0 Å².